The van der Waals surface area contributed by atoms with Crippen molar-refractivity contribution in [3.8, 4) is 11.8 Å². The molecular formula is C23H24Cl3N5O2. The monoisotopic (exact) mass is 507 g/mol. The molecule has 7 nitrogen and oxygen atoms in total. The summed E-state index contributed by atoms with van der Waals surface area (Å²) in [7, 11) is 1.55. The zero-order valence-electron chi connectivity index (χ0n) is 17.9. The molecule has 1 N–H and O–H groups in total. The van der Waals surface area contributed by atoms with Gasteiger partial charge in [0.1, 0.15) is 17.6 Å². The quantitative estimate of drug-likeness (QED) is 0.533. The number of imidazole rings is 1. The standard InChI is InChI=1S/C23H22ClN5O2.2ClH/c1-31-21-12-16(5-6-17(21)14-25)11-20(23-26-7-8-27-23)28-9-10-29(22(30)15-28)19-4-2-3-18(24)13-19;;/h2-8,12-13,20H,9-11,15H2,1H3,(H,26,27);2*1H. The number of nitriles is 1. The van der Waals surface area contributed by atoms with Crippen LogP contribution in [0.15, 0.2) is 54.9 Å². The Morgan fingerprint density at radius 2 is 2.06 bits per heavy atom. The van der Waals surface area contributed by atoms with Crippen molar-refractivity contribution < 1.29 is 9.53 Å². The first-order valence-electron chi connectivity index (χ1n) is 9.95. The zero-order valence-corrected chi connectivity index (χ0v) is 20.3. The second kappa shape index (κ2) is 11.9. The van der Waals surface area contributed by atoms with Crippen molar-refractivity contribution in [1.29, 1.82) is 5.26 Å². The second-order valence-corrected chi connectivity index (χ2v) is 7.77. The van der Waals surface area contributed by atoms with Crippen LogP contribution in [0, 0.1) is 11.3 Å². The minimum Gasteiger partial charge on any atom is -0.495 e. The highest BCUT2D eigenvalue weighted by atomic mass is 35.5. The first-order valence-corrected chi connectivity index (χ1v) is 10.3. The summed E-state index contributed by atoms with van der Waals surface area (Å²) in [5.41, 5.74) is 2.30. The SMILES string of the molecule is COc1cc(CC(c2ncc[nH]2)N2CCN(c3cccc(Cl)c3)C(=O)C2)ccc1C#N.Cl.Cl. The van der Waals surface area contributed by atoms with E-state index in [9.17, 15) is 10.1 Å². The topological polar surface area (TPSA) is 85.2 Å². The minimum absolute atomic E-state index is 0. The van der Waals surface area contributed by atoms with E-state index in [2.05, 4.69) is 20.9 Å². The van der Waals surface area contributed by atoms with Crippen LogP contribution >= 0.6 is 36.4 Å². The molecule has 2 aromatic carbocycles. The van der Waals surface area contributed by atoms with Crippen LogP contribution in [0.3, 0.4) is 0 Å². The van der Waals surface area contributed by atoms with Crippen LogP contribution in [-0.4, -0.2) is 47.5 Å². The predicted octanol–water partition coefficient (Wildman–Crippen LogP) is 4.42. The number of halogens is 3. The number of hydrogen-bond donors (Lipinski definition) is 1. The number of piperazine rings is 1. The summed E-state index contributed by atoms with van der Waals surface area (Å²) in [6.45, 7) is 1.52. The maximum absolute atomic E-state index is 13.0. The molecule has 1 atom stereocenters. The molecular weight excluding hydrogens is 485 g/mol. The first-order chi connectivity index (χ1) is 15.1. The van der Waals surface area contributed by atoms with Crippen molar-refractivity contribution in [2.24, 2.45) is 0 Å². The van der Waals surface area contributed by atoms with E-state index in [0.717, 1.165) is 17.1 Å². The van der Waals surface area contributed by atoms with E-state index >= 15 is 0 Å². The lowest BCUT2D eigenvalue weighted by molar-refractivity contribution is -0.122. The lowest BCUT2D eigenvalue weighted by Crippen LogP contribution is -2.52. The number of carbonyl (C=O) groups is 1. The second-order valence-electron chi connectivity index (χ2n) is 7.34. The molecule has 0 bridgehead atoms. The average molecular weight is 509 g/mol. The van der Waals surface area contributed by atoms with Crippen LogP contribution < -0.4 is 9.64 Å². The van der Waals surface area contributed by atoms with Crippen LogP contribution in [0.2, 0.25) is 5.02 Å². The van der Waals surface area contributed by atoms with Crippen molar-refractivity contribution >= 4 is 48.0 Å². The Hall–Kier alpha value is -2.76. The number of aromatic amines is 1. The molecule has 174 valence electrons. The number of carbonyl (C=O) groups excluding carboxylic acids is 1. The van der Waals surface area contributed by atoms with E-state index < -0.39 is 0 Å². The summed E-state index contributed by atoms with van der Waals surface area (Å²) in [4.78, 5) is 24.5. The maximum Gasteiger partial charge on any atom is 0.241 e. The van der Waals surface area contributed by atoms with Gasteiger partial charge in [-0.3, -0.25) is 9.69 Å². The van der Waals surface area contributed by atoms with E-state index in [0.29, 0.717) is 35.8 Å². The van der Waals surface area contributed by atoms with Crippen molar-refractivity contribution in [3.05, 3.63) is 76.8 Å². The fourth-order valence-electron chi connectivity index (χ4n) is 3.91. The van der Waals surface area contributed by atoms with Gasteiger partial charge in [0.25, 0.3) is 0 Å². The Morgan fingerprint density at radius 3 is 2.70 bits per heavy atom. The molecule has 1 saturated heterocycles. The lowest BCUT2D eigenvalue weighted by atomic mass is 10.0. The highest BCUT2D eigenvalue weighted by Gasteiger charge is 2.32. The molecule has 0 saturated carbocycles. The fraction of sp³-hybridized carbons (Fsp3) is 0.261. The van der Waals surface area contributed by atoms with Gasteiger partial charge in [-0.1, -0.05) is 23.7 Å². The normalized spacial score (nSPS) is 14.6. The van der Waals surface area contributed by atoms with Gasteiger partial charge >= 0.3 is 0 Å². The summed E-state index contributed by atoms with van der Waals surface area (Å²) in [5.74, 6) is 1.36. The van der Waals surface area contributed by atoms with E-state index in [1.165, 1.54) is 0 Å². The lowest BCUT2D eigenvalue weighted by Gasteiger charge is -2.38. The van der Waals surface area contributed by atoms with Gasteiger partial charge in [0.05, 0.1) is 25.3 Å². The number of aromatic nitrogens is 2. The van der Waals surface area contributed by atoms with Gasteiger partial charge in [0.2, 0.25) is 5.91 Å². The van der Waals surface area contributed by atoms with Crippen LogP contribution in [0.4, 0.5) is 5.69 Å². The number of ether oxygens (including phenoxy) is 1. The summed E-state index contributed by atoms with van der Waals surface area (Å²) >= 11 is 6.10. The van der Waals surface area contributed by atoms with Crippen LogP contribution in [-0.2, 0) is 11.2 Å². The number of nitrogens with one attached hydrogen (secondary N) is 1. The summed E-state index contributed by atoms with van der Waals surface area (Å²) in [6.07, 6.45) is 4.12. The van der Waals surface area contributed by atoms with Crippen LogP contribution in [0.5, 0.6) is 5.75 Å². The molecule has 10 heteroatoms. The van der Waals surface area contributed by atoms with E-state index in [1.54, 1.807) is 36.5 Å². The van der Waals surface area contributed by atoms with Crippen molar-refractivity contribution in [3.63, 3.8) is 0 Å². The summed E-state index contributed by atoms with van der Waals surface area (Å²) < 4.78 is 5.35. The average Bonchev–Trinajstić information content (AvgIpc) is 3.31. The van der Waals surface area contributed by atoms with Crippen LogP contribution in [0.25, 0.3) is 0 Å². The highest BCUT2D eigenvalue weighted by Crippen LogP contribution is 2.29. The largest absolute Gasteiger partial charge is 0.495 e. The molecule has 4 rings (SSSR count). The van der Waals surface area contributed by atoms with Gasteiger partial charge in [0, 0.05) is 36.2 Å². The molecule has 33 heavy (non-hydrogen) atoms. The number of methoxy groups -OCH3 is 1. The number of nitrogens with zero attached hydrogens (tertiary/aromatic N) is 4. The molecule has 0 aliphatic carbocycles. The Labute approximate surface area is 210 Å². The van der Waals surface area contributed by atoms with Gasteiger partial charge in [-0.2, -0.15) is 5.26 Å². The predicted molar refractivity (Wildman–Crippen MR) is 133 cm³/mol. The van der Waals surface area contributed by atoms with Crippen LogP contribution in [0.1, 0.15) is 23.0 Å². The summed E-state index contributed by atoms with van der Waals surface area (Å²) in [5, 5.41) is 9.85. The van der Waals surface area contributed by atoms with Gasteiger partial charge in [-0.15, -0.1) is 24.8 Å². The fourth-order valence-corrected chi connectivity index (χ4v) is 4.10. The summed E-state index contributed by atoms with van der Waals surface area (Å²) in [6, 6.07) is 14.9. The molecule has 1 aromatic heterocycles. The Balaban J connectivity index is 0.00000193. The third-order valence-corrected chi connectivity index (χ3v) is 5.70. The molecule has 1 fully saturated rings. The van der Waals surface area contributed by atoms with E-state index in [4.69, 9.17) is 16.3 Å². The smallest absolute Gasteiger partial charge is 0.241 e. The molecule has 1 aliphatic heterocycles. The molecule has 2 heterocycles. The third-order valence-electron chi connectivity index (χ3n) is 5.46. The highest BCUT2D eigenvalue weighted by molar-refractivity contribution is 6.30. The van der Waals surface area contributed by atoms with Crippen molar-refractivity contribution in [1.82, 2.24) is 14.9 Å². The van der Waals surface area contributed by atoms with Crippen molar-refractivity contribution in [2.75, 3.05) is 31.6 Å². The molecule has 3 aromatic rings. The van der Waals surface area contributed by atoms with Gasteiger partial charge in [0.15, 0.2) is 0 Å². The number of anilines is 1. The van der Waals surface area contributed by atoms with E-state index in [-0.39, 0.29) is 43.3 Å². The first kappa shape index (κ1) is 26.5. The number of hydrogen-bond acceptors (Lipinski definition) is 5. The molecule has 1 amide bonds. The Bertz CT molecular complexity index is 1120. The molecule has 0 radical (unpaired) electrons. The Kier molecular flexibility index (Phi) is 9.56. The Morgan fingerprint density at radius 1 is 1.24 bits per heavy atom. The van der Waals surface area contributed by atoms with Gasteiger partial charge in [-0.25, -0.2) is 4.98 Å². The number of H-pyrrole nitrogens is 1. The van der Waals surface area contributed by atoms with E-state index in [1.807, 2.05) is 30.3 Å². The van der Waals surface area contributed by atoms with Crippen molar-refractivity contribution in [2.45, 2.75) is 12.5 Å². The zero-order chi connectivity index (χ0) is 21.8. The number of benzene rings is 2. The molecule has 1 unspecified atom stereocenters. The van der Waals surface area contributed by atoms with Gasteiger partial charge in [-0.05, 0) is 42.3 Å². The minimum atomic E-state index is -0.113. The maximum atomic E-state index is 13.0. The molecule has 0 spiro atoms. The molecule has 1 aliphatic rings. The third kappa shape index (κ3) is 5.98. The number of rotatable bonds is 6. The number of amides is 1. The van der Waals surface area contributed by atoms with Gasteiger partial charge < -0.3 is 14.6 Å².